The van der Waals surface area contributed by atoms with Crippen LogP contribution in [0.4, 0.5) is 0 Å². The molecule has 2 heterocycles. The summed E-state index contributed by atoms with van der Waals surface area (Å²) in [6.07, 6.45) is 0. The van der Waals surface area contributed by atoms with Crippen molar-refractivity contribution in [2.24, 2.45) is 5.41 Å². The Labute approximate surface area is 322 Å². The van der Waals surface area contributed by atoms with E-state index in [1.54, 1.807) is 0 Å². The number of aliphatic hydroxyl groups is 3. The topological polar surface area (TPSA) is 242 Å². The number of hydrogen-bond acceptors (Lipinski definition) is 15. The predicted octanol–water partition coefficient (Wildman–Crippen LogP) is -8.05. The van der Waals surface area contributed by atoms with Crippen LogP contribution in [0.3, 0.4) is 0 Å². The predicted molar refractivity (Wildman–Crippen MR) is 152 cm³/mol. The van der Waals surface area contributed by atoms with Crippen LogP contribution in [0.2, 0.25) is 0 Å². The minimum absolute atomic E-state index is 0. The van der Waals surface area contributed by atoms with Gasteiger partial charge in [-0.15, -0.1) is 0 Å². The molecule has 260 valence electrons. The third-order valence-electron chi connectivity index (χ3n) is 11.5. The molecule has 16 nitrogen and oxygen atoms in total. The third kappa shape index (κ3) is 6.80. The van der Waals surface area contributed by atoms with E-state index < -0.39 is 98.0 Å². The molecule has 2 rings (SSSR count). The number of ether oxygens (including phenoxy) is 4. The van der Waals surface area contributed by atoms with Gasteiger partial charge in [0.2, 0.25) is 16.3 Å². The van der Waals surface area contributed by atoms with Crippen LogP contribution in [0.5, 0.6) is 0 Å². The average molecular weight is 714 g/mol. The first-order chi connectivity index (χ1) is 19.8. The Hall–Kier alpha value is 0.555. The summed E-state index contributed by atoms with van der Waals surface area (Å²) in [7, 11) is 1.86. The maximum absolute atomic E-state index is 12.6. The first-order valence-electron chi connectivity index (χ1n) is 14.0. The Kier molecular flexibility index (Phi) is 14.3. The first-order valence-corrected chi connectivity index (χ1v) is 15.3. The van der Waals surface area contributed by atoms with Crippen LogP contribution < -0.4 is 69.5 Å². The molecule has 2 fully saturated rings. The molecule has 4 unspecified atom stereocenters. The zero-order valence-corrected chi connectivity index (χ0v) is 34.7. The van der Waals surface area contributed by atoms with E-state index in [1.807, 2.05) is 0 Å². The monoisotopic (exact) mass is 713 g/mol. The Bertz CT molecular complexity index is 1310. The van der Waals surface area contributed by atoms with Gasteiger partial charge in [0, 0.05) is 19.4 Å². The molecule has 47 heavy (non-hydrogen) atoms. The van der Waals surface area contributed by atoms with Crippen LogP contribution in [-0.2, 0) is 47.8 Å². The molecule has 0 aromatic heterocycles. The van der Waals surface area contributed by atoms with Gasteiger partial charge in [-0.1, -0.05) is 6.92 Å². The van der Waals surface area contributed by atoms with Crippen molar-refractivity contribution in [3.8, 4) is 0 Å². The zero-order valence-electron chi connectivity index (χ0n) is 29.8. The number of carbonyl (C=O) groups excluding carboxylic acids is 2. The molecule has 0 bridgehead atoms. The number of aliphatic carboxylic acids is 1. The molecule has 10 atom stereocenters. The molecule has 2 aliphatic heterocycles. The van der Waals surface area contributed by atoms with Crippen molar-refractivity contribution in [3.63, 3.8) is 0 Å². The van der Waals surface area contributed by atoms with Crippen molar-refractivity contribution in [1.29, 1.82) is 0 Å². The van der Waals surface area contributed by atoms with Gasteiger partial charge in [-0.25, -0.2) is 8.42 Å². The summed E-state index contributed by atoms with van der Waals surface area (Å²) in [4.78, 5) is 24.9. The van der Waals surface area contributed by atoms with Gasteiger partial charge in [0.25, 0.3) is 8.05 Å². The van der Waals surface area contributed by atoms with Gasteiger partial charge >= 0.3 is 59.1 Å². The molecule has 0 aromatic rings. The van der Waals surface area contributed by atoms with Crippen molar-refractivity contribution < 1.29 is 130 Å². The second-order valence-electron chi connectivity index (χ2n) is 13.8. The third-order valence-corrected chi connectivity index (χ3v) is 11.9. The number of carboxylic acids is 1. The number of carboxylic acid groups (broad SMARTS) is 1. The SMILES string of the molecule is [B]O[C@]1(C)C(C)(COS(=O)(=O)[O-])OC(C)(OC)[C@@](C)(NC(C)=O)[C@]1(C)COCC1(C)OC(C)(C(=O)[O-])[C@@](C)(O)[C@@](C)(O)[C@]1(C)O.[Na+].[Na+]. The minimum atomic E-state index is -5.25. The Morgan fingerprint density at radius 2 is 1.32 bits per heavy atom. The van der Waals surface area contributed by atoms with Crippen molar-refractivity contribution in [2.75, 3.05) is 26.9 Å². The minimum Gasteiger partial charge on any atom is -0.726 e. The summed E-state index contributed by atoms with van der Waals surface area (Å²) >= 11 is 0. The van der Waals surface area contributed by atoms with Crippen molar-refractivity contribution in [1.82, 2.24) is 5.32 Å². The maximum atomic E-state index is 12.6. The van der Waals surface area contributed by atoms with Crippen LogP contribution in [0, 0.1) is 5.41 Å². The summed E-state index contributed by atoms with van der Waals surface area (Å²) < 4.78 is 68.5. The summed E-state index contributed by atoms with van der Waals surface area (Å²) in [6, 6.07) is 0. The van der Waals surface area contributed by atoms with Gasteiger partial charge in [-0.05, 0) is 62.3 Å². The first kappa shape index (κ1) is 47.6. The van der Waals surface area contributed by atoms with E-state index in [1.165, 1.54) is 55.6 Å². The zero-order chi connectivity index (χ0) is 35.7. The van der Waals surface area contributed by atoms with Crippen LogP contribution >= 0.6 is 0 Å². The molecule has 0 aliphatic carbocycles. The Balaban J connectivity index is 0.0000106. The number of amides is 1. The molecule has 0 aromatic carbocycles. The number of rotatable bonds is 11. The Morgan fingerprint density at radius 3 is 1.70 bits per heavy atom. The molecule has 2 saturated heterocycles. The van der Waals surface area contributed by atoms with E-state index in [2.05, 4.69) is 9.50 Å². The molecule has 4 N–H and O–H groups in total. The van der Waals surface area contributed by atoms with Crippen molar-refractivity contribution in [2.45, 2.75) is 127 Å². The Morgan fingerprint density at radius 1 is 0.830 bits per heavy atom. The molecular formula is C27H46BNNa2O15S. The molecule has 20 heteroatoms. The summed E-state index contributed by atoms with van der Waals surface area (Å²) in [6.45, 7) is 11.8. The summed E-state index contributed by atoms with van der Waals surface area (Å²) in [5.74, 6) is -4.27. The van der Waals surface area contributed by atoms with Gasteiger partial charge in [0.15, 0.2) is 5.79 Å². The van der Waals surface area contributed by atoms with Crippen molar-refractivity contribution in [3.05, 3.63) is 0 Å². The smallest absolute Gasteiger partial charge is 0.726 e. The van der Waals surface area contributed by atoms with Crippen LogP contribution in [-0.4, -0.2) is 126 Å². The van der Waals surface area contributed by atoms with E-state index in [0.717, 1.165) is 27.7 Å². The van der Waals surface area contributed by atoms with E-state index >= 15 is 0 Å². The largest absolute Gasteiger partial charge is 1.00 e. The van der Waals surface area contributed by atoms with Crippen LogP contribution in [0.15, 0.2) is 0 Å². The quantitative estimate of drug-likeness (QED) is 0.0883. The summed E-state index contributed by atoms with van der Waals surface area (Å²) in [5.41, 5.74) is -19.2. The van der Waals surface area contributed by atoms with Gasteiger partial charge < -0.3 is 58.7 Å². The normalized spacial score (nSPS) is 46.9. The number of carbonyl (C=O) groups is 2. The van der Waals surface area contributed by atoms with E-state index in [9.17, 15) is 43.0 Å². The van der Waals surface area contributed by atoms with Crippen molar-refractivity contribution >= 4 is 30.3 Å². The van der Waals surface area contributed by atoms with Crippen LogP contribution in [0.25, 0.3) is 0 Å². The second kappa shape index (κ2) is 14.2. The van der Waals surface area contributed by atoms with E-state index in [-0.39, 0.29) is 59.1 Å². The number of hydrogen-bond donors (Lipinski definition) is 4. The maximum Gasteiger partial charge on any atom is 1.00 e. The molecule has 0 saturated carbocycles. The molecule has 0 spiro atoms. The van der Waals surface area contributed by atoms with E-state index in [0.29, 0.717) is 0 Å². The van der Waals surface area contributed by atoms with E-state index in [4.69, 9.17) is 31.7 Å². The fourth-order valence-electron chi connectivity index (χ4n) is 6.89. The summed E-state index contributed by atoms with van der Waals surface area (Å²) in [5, 5.41) is 49.3. The molecule has 2 radical (unpaired) electrons. The van der Waals surface area contributed by atoms with Gasteiger partial charge in [0.05, 0.1) is 31.4 Å². The molecule has 1 amide bonds. The van der Waals surface area contributed by atoms with Gasteiger partial charge in [-0.3, -0.25) is 8.98 Å². The second-order valence-corrected chi connectivity index (χ2v) is 14.9. The van der Waals surface area contributed by atoms with Gasteiger partial charge in [-0.2, -0.15) is 0 Å². The molecule has 2 aliphatic rings. The fraction of sp³-hybridized carbons (Fsp3) is 0.926. The van der Waals surface area contributed by atoms with Gasteiger partial charge in [0.1, 0.15) is 39.1 Å². The fourth-order valence-corrected chi connectivity index (χ4v) is 7.26. The number of nitrogens with one attached hydrogen (secondary N) is 1. The average Bonchev–Trinajstić information content (AvgIpc) is 2.88. The standard InChI is InChI=1S/C27H48BNO15S.2Na/c1-16(30)29-22(6)18(2,26(10,44-28)20(4,15-41-45(36,37)38)43-27(22,11)39-12)13-40-14-19(3)23(7,33)25(9,35)24(8,34)21(5,42-19)17(31)32;;/h33-35H,13-15H2,1-12H3,(H,29,30)(H,31,32)(H,36,37,38);;/q;2*+1/p-2/t18-,19?,20?,21?,22-,23+,24+,25-,26-,27?;;/m0../s1. The van der Waals surface area contributed by atoms with Crippen LogP contribution in [0.1, 0.15) is 76.2 Å². The number of methoxy groups -OCH3 is 1. The molecular weight excluding hydrogens is 667 g/mol.